The smallest absolute Gasteiger partial charge is 0.377 e. The Labute approximate surface area is 189 Å². The molecule has 0 amide bonds. The molecule has 0 rings (SSSR count). The van der Waals surface area contributed by atoms with Crippen LogP contribution in [0.3, 0.4) is 0 Å². The molecule has 0 aliphatic heterocycles. The van der Waals surface area contributed by atoms with Crippen LogP contribution in [0.4, 0.5) is 0 Å². The molecule has 0 aromatic carbocycles. The largest absolute Gasteiger partial charge is 0.500 e. The number of hydrogen-bond acceptors (Lipinski definition) is 7. The molecule has 7 nitrogen and oxygen atoms in total. The van der Waals surface area contributed by atoms with Crippen molar-refractivity contribution in [2.45, 2.75) is 69.9 Å². The summed E-state index contributed by atoms with van der Waals surface area (Å²) in [6.07, 6.45) is 3.27. The molecule has 0 aromatic rings. The van der Waals surface area contributed by atoms with Crippen LogP contribution in [0.25, 0.3) is 0 Å². The average molecular weight is 484 g/mol. The zero-order valence-corrected chi connectivity index (χ0v) is 24.2. The van der Waals surface area contributed by atoms with Gasteiger partial charge in [-0.2, -0.15) is 0 Å². The summed E-state index contributed by atoms with van der Waals surface area (Å²) in [5, 5.41) is 0. The van der Waals surface area contributed by atoms with Crippen LogP contribution >= 0.6 is 0 Å². The van der Waals surface area contributed by atoms with E-state index in [4.69, 9.17) is 26.6 Å². The Balaban J connectivity index is 4.83. The molecule has 182 valence electrons. The van der Waals surface area contributed by atoms with Gasteiger partial charge >= 0.3 is 17.6 Å². The second-order valence-electron chi connectivity index (χ2n) is 8.26. The minimum absolute atomic E-state index is 0.830. The van der Waals surface area contributed by atoms with Gasteiger partial charge in [-0.1, -0.05) is 38.5 Å². The van der Waals surface area contributed by atoms with Crippen molar-refractivity contribution in [3.05, 3.63) is 0 Å². The van der Waals surface area contributed by atoms with E-state index in [1.165, 1.54) is 24.6 Å². The van der Waals surface area contributed by atoms with Crippen molar-refractivity contribution in [1.29, 1.82) is 0 Å². The summed E-state index contributed by atoms with van der Waals surface area (Å²) < 4.78 is 33.5. The summed E-state index contributed by atoms with van der Waals surface area (Å²) in [6.45, 7) is 10.4. The van der Waals surface area contributed by atoms with Crippen LogP contribution < -0.4 is 0 Å². The highest BCUT2D eigenvalue weighted by molar-refractivity contribution is 6.78. The Bertz CT molecular complexity index is 379. The quantitative estimate of drug-likeness (QED) is 0.239. The van der Waals surface area contributed by atoms with Gasteiger partial charge in [-0.15, -0.1) is 0 Å². The van der Waals surface area contributed by atoms with Gasteiger partial charge < -0.3 is 31.5 Å². The van der Waals surface area contributed by atoms with Gasteiger partial charge in [0.1, 0.15) is 0 Å². The molecule has 0 aliphatic rings. The Morgan fingerprint density at radius 1 is 0.533 bits per heavy atom. The third-order valence-corrected chi connectivity index (χ3v) is 17.4. The van der Waals surface area contributed by atoms with Crippen LogP contribution in [0.15, 0.2) is 0 Å². The molecule has 0 radical (unpaired) electrons. The molecule has 0 heterocycles. The Morgan fingerprint density at radius 2 is 0.833 bits per heavy atom. The molecule has 30 heavy (non-hydrogen) atoms. The van der Waals surface area contributed by atoms with Gasteiger partial charge in [0.25, 0.3) is 0 Å². The Kier molecular flexibility index (Phi) is 16.3. The van der Waals surface area contributed by atoms with Gasteiger partial charge in [-0.05, 0) is 38.9 Å². The van der Waals surface area contributed by atoms with Crippen molar-refractivity contribution in [3.8, 4) is 0 Å². The van der Waals surface area contributed by atoms with E-state index in [1.807, 2.05) is 0 Å². The highest BCUT2D eigenvalue weighted by Gasteiger charge is 2.38. The van der Waals surface area contributed by atoms with Gasteiger partial charge in [0.05, 0.1) is 0 Å². The van der Waals surface area contributed by atoms with Crippen LogP contribution in [0.1, 0.15) is 33.1 Å². The number of nitrogens with zero attached hydrogens (tertiary/aromatic N) is 1. The summed E-state index contributed by atoms with van der Waals surface area (Å²) >= 11 is 0. The van der Waals surface area contributed by atoms with Gasteiger partial charge in [0, 0.05) is 62.8 Å². The lowest BCUT2D eigenvalue weighted by Gasteiger charge is -2.30. The normalized spacial score (nSPS) is 13.4. The van der Waals surface area contributed by atoms with Crippen molar-refractivity contribution in [1.82, 2.24) is 4.90 Å². The van der Waals surface area contributed by atoms with E-state index in [2.05, 4.69) is 25.3 Å². The SMILES string of the molecule is CC[Si](C)(CC)CCCN(CCC[Si](OC)(OC)OC)CCC[Si](OC)(OC)OC. The Morgan fingerprint density at radius 3 is 1.10 bits per heavy atom. The number of hydrogen-bond donors (Lipinski definition) is 0. The van der Waals surface area contributed by atoms with Crippen molar-refractivity contribution >= 4 is 25.7 Å². The van der Waals surface area contributed by atoms with E-state index in [9.17, 15) is 0 Å². The van der Waals surface area contributed by atoms with Gasteiger partial charge in [0.2, 0.25) is 0 Å². The fourth-order valence-electron chi connectivity index (χ4n) is 3.82. The third-order valence-electron chi connectivity index (χ3n) is 6.74. The summed E-state index contributed by atoms with van der Waals surface area (Å²) in [7, 11) is 4.03. The average Bonchev–Trinajstić information content (AvgIpc) is 2.79. The van der Waals surface area contributed by atoms with Crippen LogP contribution in [-0.2, 0) is 26.6 Å². The van der Waals surface area contributed by atoms with Crippen LogP contribution in [-0.4, -0.2) is 92.9 Å². The van der Waals surface area contributed by atoms with E-state index in [0.717, 1.165) is 44.6 Å². The molecule has 10 heteroatoms. The summed E-state index contributed by atoms with van der Waals surface area (Å²) in [6, 6.07) is 5.80. The van der Waals surface area contributed by atoms with Crippen molar-refractivity contribution in [2.24, 2.45) is 0 Å². The van der Waals surface area contributed by atoms with Gasteiger partial charge in [0.15, 0.2) is 0 Å². The molecule has 0 saturated carbocycles. The zero-order valence-electron chi connectivity index (χ0n) is 21.2. The molecule has 0 N–H and O–H groups in total. The standard InChI is InChI=1S/C20H49NO6Si3/c1-10-28(9,11-2)18-12-15-21(16-13-19-29(22-3,23-4)24-5)17-14-20-30(25-6,26-7)27-8/h10-20H2,1-9H3. The summed E-state index contributed by atoms with van der Waals surface area (Å²) in [5.74, 6) is 0. The molecule has 0 saturated heterocycles. The van der Waals surface area contributed by atoms with Crippen molar-refractivity contribution < 1.29 is 26.6 Å². The zero-order chi connectivity index (χ0) is 23.1. The van der Waals surface area contributed by atoms with E-state index in [-0.39, 0.29) is 0 Å². The second-order valence-corrected chi connectivity index (χ2v) is 20.0. The highest BCUT2D eigenvalue weighted by Crippen LogP contribution is 2.23. The highest BCUT2D eigenvalue weighted by atomic mass is 28.4. The molecular weight excluding hydrogens is 434 g/mol. The second kappa shape index (κ2) is 16.1. The van der Waals surface area contributed by atoms with Crippen molar-refractivity contribution in [3.63, 3.8) is 0 Å². The maximum atomic E-state index is 5.58. The first-order chi connectivity index (χ1) is 14.3. The van der Waals surface area contributed by atoms with E-state index < -0.39 is 25.7 Å². The lowest BCUT2D eigenvalue weighted by Crippen LogP contribution is -2.44. The van der Waals surface area contributed by atoms with E-state index in [0.29, 0.717) is 0 Å². The molecular formula is C20H49NO6Si3. The maximum Gasteiger partial charge on any atom is 0.500 e. The molecule has 0 fully saturated rings. The van der Waals surface area contributed by atoms with Crippen LogP contribution in [0, 0.1) is 0 Å². The Hall–Kier alpha value is 0.371. The first kappa shape index (κ1) is 30.4. The lowest BCUT2D eigenvalue weighted by molar-refractivity contribution is 0.119. The first-order valence-electron chi connectivity index (χ1n) is 11.3. The maximum absolute atomic E-state index is 5.58. The topological polar surface area (TPSA) is 58.6 Å². The molecule has 0 spiro atoms. The summed E-state index contributed by atoms with van der Waals surface area (Å²) in [4.78, 5) is 2.57. The van der Waals surface area contributed by atoms with E-state index in [1.54, 1.807) is 42.7 Å². The minimum atomic E-state index is -2.51. The van der Waals surface area contributed by atoms with E-state index >= 15 is 0 Å². The monoisotopic (exact) mass is 483 g/mol. The fourth-order valence-corrected chi connectivity index (χ4v) is 9.44. The summed E-state index contributed by atoms with van der Waals surface area (Å²) in [5.41, 5.74) is 0. The predicted molar refractivity (Wildman–Crippen MR) is 131 cm³/mol. The first-order valence-corrected chi connectivity index (χ1v) is 18.3. The lowest BCUT2D eigenvalue weighted by atomic mass is 10.3. The van der Waals surface area contributed by atoms with Gasteiger partial charge in [-0.3, -0.25) is 0 Å². The molecule has 0 atom stereocenters. The predicted octanol–water partition coefficient (Wildman–Crippen LogP) is 4.33. The van der Waals surface area contributed by atoms with Crippen LogP contribution in [0.2, 0.25) is 36.8 Å². The number of rotatable bonds is 20. The fraction of sp³-hybridized carbons (Fsp3) is 1.00. The molecule has 0 unspecified atom stereocenters. The molecule has 0 bridgehead atoms. The third kappa shape index (κ3) is 10.3. The minimum Gasteiger partial charge on any atom is -0.377 e. The van der Waals surface area contributed by atoms with Gasteiger partial charge in [-0.25, -0.2) is 0 Å². The molecule has 0 aliphatic carbocycles. The molecule has 0 aromatic heterocycles. The van der Waals surface area contributed by atoms with Crippen molar-refractivity contribution in [2.75, 3.05) is 62.3 Å². The van der Waals surface area contributed by atoms with Crippen LogP contribution in [0.5, 0.6) is 0 Å².